The Kier molecular flexibility index (Phi) is 9.67. The van der Waals surface area contributed by atoms with Gasteiger partial charge < -0.3 is 22.8 Å². The molecule has 258 valence electrons. The summed E-state index contributed by atoms with van der Waals surface area (Å²) in [5.41, 5.74) is 9.07. The van der Waals surface area contributed by atoms with E-state index in [0.717, 1.165) is 45.4 Å². The normalized spacial score (nSPS) is 18.0. The third kappa shape index (κ3) is 5.97. The largest absolute Gasteiger partial charge is 0.497 e. The zero-order valence-electron chi connectivity index (χ0n) is 30.4. The molecular formula is C42H48O5Si3. The van der Waals surface area contributed by atoms with E-state index in [1.54, 1.807) is 14.2 Å². The van der Waals surface area contributed by atoms with Gasteiger partial charge in [0, 0.05) is 27.6 Å². The minimum Gasteiger partial charge on any atom is -0.497 e. The van der Waals surface area contributed by atoms with Gasteiger partial charge in [-0.15, -0.1) is 0 Å². The van der Waals surface area contributed by atoms with Crippen molar-refractivity contribution < 1.29 is 22.8 Å². The molecule has 2 atom stereocenters. The summed E-state index contributed by atoms with van der Waals surface area (Å²) in [4.78, 5) is 0. The Labute approximate surface area is 303 Å². The number of rotatable bonds is 12. The lowest BCUT2D eigenvalue weighted by atomic mass is 9.80. The van der Waals surface area contributed by atoms with Gasteiger partial charge in [-0.05, 0) is 97.9 Å². The van der Waals surface area contributed by atoms with Crippen LogP contribution in [0.4, 0.5) is 0 Å². The van der Waals surface area contributed by atoms with Gasteiger partial charge in [0.1, 0.15) is 42.4 Å². The molecule has 0 fully saturated rings. The van der Waals surface area contributed by atoms with Crippen molar-refractivity contribution in [1.82, 2.24) is 0 Å². The third-order valence-electron chi connectivity index (χ3n) is 10.5. The van der Waals surface area contributed by atoms with E-state index >= 15 is 0 Å². The lowest BCUT2D eigenvalue weighted by molar-refractivity contribution is 0.132. The lowest BCUT2D eigenvalue weighted by Gasteiger charge is -2.39. The molecule has 1 aliphatic carbocycles. The molecule has 1 aliphatic heterocycles. The first-order valence-corrected chi connectivity index (χ1v) is 23.9. The van der Waals surface area contributed by atoms with Gasteiger partial charge in [-0.2, -0.15) is 0 Å². The van der Waals surface area contributed by atoms with E-state index in [2.05, 4.69) is 107 Å². The average molecular weight is 717 g/mol. The molecule has 0 amide bonds. The number of fused-ring (bicyclic) bond motifs is 8. The molecule has 8 heteroatoms. The Morgan fingerprint density at radius 1 is 0.800 bits per heavy atom. The molecule has 0 saturated carbocycles. The smallest absolute Gasteiger partial charge is 0.178 e. The first kappa shape index (κ1) is 34.5. The maximum absolute atomic E-state index is 7.54. The van der Waals surface area contributed by atoms with Crippen LogP contribution in [0.2, 0.25) is 25.2 Å². The Morgan fingerprint density at radius 3 is 2.08 bits per heavy atom. The second kappa shape index (κ2) is 14.0. The number of ether oxygens (including phenoxy) is 3. The van der Waals surface area contributed by atoms with Crippen molar-refractivity contribution >= 4 is 45.4 Å². The van der Waals surface area contributed by atoms with Crippen molar-refractivity contribution in [3.05, 3.63) is 130 Å². The second-order valence-corrected chi connectivity index (χ2v) is 19.6. The van der Waals surface area contributed by atoms with Crippen molar-refractivity contribution in [3.63, 3.8) is 0 Å². The molecule has 5 aromatic rings. The number of aryl methyl sites for hydroxylation is 2. The van der Waals surface area contributed by atoms with Gasteiger partial charge in [0.15, 0.2) is 14.6 Å². The molecular weight excluding hydrogens is 669 g/mol. The molecule has 2 unspecified atom stereocenters. The minimum absolute atomic E-state index is 0.294. The van der Waals surface area contributed by atoms with Crippen LogP contribution in [0.1, 0.15) is 52.3 Å². The summed E-state index contributed by atoms with van der Waals surface area (Å²) in [5, 5.41) is 2.30. The summed E-state index contributed by atoms with van der Waals surface area (Å²) in [6, 6.07) is 32.5. The van der Waals surface area contributed by atoms with Gasteiger partial charge in [0.2, 0.25) is 0 Å². The quantitative estimate of drug-likeness (QED) is 0.0958. The first-order chi connectivity index (χ1) is 24.2. The maximum Gasteiger partial charge on any atom is 0.178 e. The van der Waals surface area contributed by atoms with Crippen LogP contribution in [-0.4, -0.2) is 42.8 Å². The highest BCUT2D eigenvalue weighted by molar-refractivity contribution is 6.50. The van der Waals surface area contributed by atoms with Crippen molar-refractivity contribution in [1.29, 1.82) is 0 Å². The van der Waals surface area contributed by atoms with Crippen LogP contribution in [0.15, 0.2) is 91.0 Å². The van der Waals surface area contributed by atoms with E-state index < -0.39 is 20.2 Å². The molecule has 2 aliphatic rings. The minimum atomic E-state index is -1.57. The zero-order chi connectivity index (χ0) is 35.0. The topological polar surface area (TPSA) is 46.2 Å². The molecule has 0 bridgehead atoms. The molecule has 0 N–H and O–H groups in total. The van der Waals surface area contributed by atoms with E-state index in [4.69, 9.17) is 22.8 Å². The van der Waals surface area contributed by atoms with Crippen LogP contribution in [0.25, 0.3) is 28.0 Å². The van der Waals surface area contributed by atoms with Gasteiger partial charge in [-0.1, -0.05) is 84.8 Å². The fourth-order valence-corrected chi connectivity index (χ4v) is 13.0. The number of methoxy groups -OCH3 is 2. The monoisotopic (exact) mass is 716 g/mol. The molecule has 1 heterocycles. The molecule has 7 rings (SSSR count). The zero-order valence-corrected chi connectivity index (χ0v) is 34.4. The molecule has 0 radical (unpaired) electrons. The fourth-order valence-electron chi connectivity index (χ4n) is 7.96. The summed E-state index contributed by atoms with van der Waals surface area (Å²) >= 11 is 0. The predicted molar refractivity (Wildman–Crippen MR) is 214 cm³/mol. The molecule has 0 spiro atoms. The summed E-state index contributed by atoms with van der Waals surface area (Å²) in [6.07, 6.45) is 5.73. The summed E-state index contributed by atoms with van der Waals surface area (Å²) < 4.78 is 32.0. The molecule has 5 aromatic carbocycles. The molecule has 0 aromatic heterocycles. The van der Waals surface area contributed by atoms with Gasteiger partial charge in [-0.3, -0.25) is 0 Å². The van der Waals surface area contributed by atoms with Crippen LogP contribution in [0, 0.1) is 13.8 Å². The van der Waals surface area contributed by atoms with Crippen LogP contribution in [0.3, 0.4) is 0 Å². The van der Waals surface area contributed by atoms with Crippen LogP contribution in [0.5, 0.6) is 17.2 Å². The van der Waals surface area contributed by atoms with E-state index in [-0.39, 0.29) is 19.5 Å². The van der Waals surface area contributed by atoms with Crippen molar-refractivity contribution in [2.24, 2.45) is 0 Å². The molecule has 50 heavy (non-hydrogen) atoms. The van der Waals surface area contributed by atoms with Crippen LogP contribution < -0.4 is 14.2 Å². The Morgan fingerprint density at radius 2 is 1.44 bits per heavy atom. The predicted octanol–water partition coefficient (Wildman–Crippen LogP) is 8.48. The average Bonchev–Trinajstić information content (AvgIpc) is 3.38. The Hall–Kier alpha value is -3.93. The highest BCUT2D eigenvalue weighted by Crippen LogP contribution is 2.59. The van der Waals surface area contributed by atoms with E-state index in [0.29, 0.717) is 0 Å². The fraction of sp³-hybridized carbons (Fsp3) is 0.286. The number of hydrogen-bond acceptors (Lipinski definition) is 5. The summed E-state index contributed by atoms with van der Waals surface area (Å²) in [7, 11) is 1.15. The van der Waals surface area contributed by atoms with Gasteiger partial charge >= 0.3 is 0 Å². The van der Waals surface area contributed by atoms with Crippen molar-refractivity contribution in [3.8, 4) is 28.4 Å². The van der Waals surface area contributed by atoms with Crippen molar-refractivity contribution in [2.45, 2.75) is 63.6 Å². The van der Waals surface area contributed by atoms with Gasteiger partial charge in [0.25, 0.3) is 0 Å². The maximum atomic E-state index is 7.54. The third-order valence-corrected chi connectivity index (χ3v) is 16.1. The SMILES string of the molecule is COc1ccc(C2(c3ccc(OC)cc3)C=Cc3c4c(c5ccc(C)cc5c3O2)-c2ccc(C)cc2C4(C)O[SiH](C)CCC[SiH2]O[SiH2]C)cc1. The molecule has 5 nitrogen and oxygen atoms in total. The van der Waals surface area contributed by atoms with Crippen molar-refractivity contribution in [2.75, 3.05) is 14.2 Å². The highest BCUT2D eigenvalue weighted by atomic mass is 28.3. The van der Waals surface area contributed by atoms with Gasteiger partial charge in [0.05, 0.1) is 14.2 Å². The van der Waals surface area contributed by atoms with E-state index in [1.165, 1.54) is 51.2 Å². The summed E-state index contributed by atoms with van der Waals surface area (Å²) in [6.45, 7) is 11.3. The molecule has 0 saturated heterocycles. The Bertz CT molecular complexity index is 2010. The van der Waals surface area contributed by atoms with Crippen LogP contribution >= 0.6 is 0 Å². The Balaban J connectivity index is 1.44. The highest BCUT2D eigenvalue weighted by Gasteiger charge is 2.47. The standard InChI is InChI=1S/C42H48O5Si3/c1-27-9-19-33-36(25-27)40-35(21-22-42(45-40,29-11-15-31(43-4)16-12-29)30-13-17-32(44-5)18-14-30)39-38(33)34-20-10-28(2)26-37(34)41(39,3)46-50(7)24-8-23-49-47-48-6/h9-22,25-26,50H,8,23-24,48-49H2,1-7H3. The summed E-state index contributed by atoms with van der Waals surface area (Å²) in [5.74, 6) is 2.50. The van der Waals surface area contributed by atoms with E-state index in [1.807, 2.05) is 24.3 Å². The number of hydrogen-bond donors (Lipinski definition) is 0. The van der Waals surface area contributed by atoms with Crippen LogP contribution in [-0.2, 0) is 19.7 Å². The second-order valence-electron chi connectivity index (χ2n) is 13.9. The number of benzene rings is 5. The first-order valence-electron chi connectivity index (χ1n) is 17.9. The lowest BCUT2D eigenvalue weighted by Crippen LogP contribution is -2.36. The van der Waals surface area contributed by atoms with Gasteiger partial charge in [-0.25, -0.2) is 0 Å². The van der Waals surface area contributed by atoms with E-state index in [9.17, 15) is 0 Å².